The average molecular weight is 320 g/mol. The Kier molecular flexibility index (Phi) is 4.04. The van der Waals surface area contributed by atoms with Gasteiger partial charge in [0.25, 0.3) is 0 Å². The summed E-state index contributed by atoms with van der Waals surface area (Å²) in [6.45, 7) is 3.22. The molecule has 3 rings (SSSR count). The van der Waals surface area contributed by atoms with Gasteiger partial charge in [-0.25, -0.2) is 0 Å². The third-order valence-electron chi connectivity index (χ3n) is 3.79. The van der Waals surface area contributed by atoms with Crippen molar-refractivity contribution in [2.24, 2.45) is 0 Å². The molecule has 1 aliphatic rings. The number of furan rings is 1. The van der Waals surface area contributed by atoms with Crippen molar-refractivity contribution in [2.75, 3.05) is 13.1 Å². The van der Waals surface area contributed by atoms with Crippen LogP contribution in [0.15, 0.2) is 51.6 Å². The fourth-order valence-corrected chi connectivity index (χ4v) is 3.27. The maximum absolute atomic E-state index is 5.45. The quantitative estimate of drug-likeness (QED) is 0.832. The van der Waals surface area contributed by atoms with Crippen LogP contribution in [0, 0.1) is 0 Å². The van der Waals surface area contributed by atoms with E-state index >= 15 is 0 Å². The highest BCUT2D eigenvalue weighted by Crippen LogP contribution is 2.29. The van der Waals surface area contributed by atoms with Crippen LogP contribution in [0.25, 0.3) is 0 Å². The van der Waals surface area contributed by atoms with Crippen molar-refractivity contribution in [1.82, 2.24) is 4.90 Å². The summed E-state index contributed by atoms with van der Waals surface area (Å²) in [6.07, 6.45) is 4.30. The van der Waals surface area contributed by atoms with Crippen LogP contribution in [0.5, 0.6) is 0 Å². The normalized spacial score (nSPS) is 20.6. The van der Waals surface area contributed by atoms with E-state index in [0.717, 1.165) is 18.8 Å². The van der Waals surface area contributed by atoms with E-state index in [-0.39, 0.29) is 0 Å². The van der Waals surface area contributed by atoms with Gasteiger partial charge in [-0.1, -0.05) is 28.1 Å². The monoisotopic (exact) mass is 319 g/mol. The molecule has 19 heavy (non-hydrogen) atoms. The second-order valence-electron chi connectivity index (χ2n) is 5.21. The Morgan fingerprint density at radius 2 is 2.21 bits per heavy atom. The van der Waals surface area contributed by atoms with Gasteiger partial charge in [-0.05, 0) is 55.1 Å². The molecule has 2 aromatic rings. The van der Waals surface area contributed by atoms with Crippen LogP contribution in [0.2, 0.25) is 0 Å². The lowest BCUT2D eigenvalue weighted by Crippen LogP contribution is -2.33. The van der Waals surface area contributed by atoms with Crippen LogP contribution in [0.3, 0.4) is 0 Å². The van der Waals surface area contributed by atoms with Crippen molar-refractivity contribution >= 4 is 15.9 Å². The lowest BCUT2D eigenvalue weighted by atomic mass is 9.90. The number of rotatable bonds is 3. The maximum Gasteiger partial charge on any atom is 0.117 e. The summed E-state index contributed by atoms with van der Waals surface area (Å²) < 4.78 is 6.62. The van der Waals surface area contributed by atoms with Gasteiger partial charge in [-0.15, -0.1) is 0 Å². The van der Waals surface area contributed by atoms with Gasteiger partial charge in [0.05, 0.1) is 12.8 Å². The molecular formula is C16H18BrNO. The molecule has 0 radical (unpaired) electrons. The summed E-state index contributed by atoms with van der Waals surface area (Å²) >= 11 is 3.56. The molecule has 0 spiro atoms. The number of hydrogen-bond donors (Lipinski definition) is 0. The van der Waals surface area contributed by atoms with Crippen LogP contribution < -0.4 is 0 Å². The van der Waals surface area contributed by atoms with Crippen molar-refractivity contribution in [3.63, 3.8) is 0 Å². The molecule has 100 valence electrons. The van der Waals surface area contributed by atoms with Gasteiger partial charge in [0.2, 0.25) is 0 Å². The van der Waals surface area contributed by atoms with Gasteiger partial charge in [-0.3, -0.25) is 4.90 Å². The van der Waals surface area contributed by atoms with E-state index in [1.54, 1.807) is 6.26 Å². The average Bonchev–Trinajstić information content (AvgIpc) is 2.92. The van der Waals surface area contributed by atoms with E-state index in [4.69, 9.17) is 4.42 Å². The van der Waals surface area contributed by atoms with E-state index < -0.39 is 0 Å². The van der Waals surface area contributed by atoms with Gasteiger partial charge >= 0.3 is 0 Å². The first-order valence-corrected chi connectivity index (χ1v) is 7.61. The zero-order valence-electron chi connectivity index (χ0n) is 10.9. The molecule has 0 saturated carbocycles. The number of hydrogen-bond acceptors (Lipinski definition) is 2. The number of halogens is 1. The summed E-state index contributed by atoms with van der Waals surface area (Å²) in [6, 6.07) is 12.7. The lowest BCUT2D eigenvalue weighted by Gasteiger charge is -2.32. The summed E-state index contributed by atoms with van der Waals surface area (Å²) in [7, 11) is 0. The standard InChI is InChI=1S/C16H18BrNO/c17-15-6-1-4-13(10-15)14-5-2-8-18(11-14)12-16-7-3-9-19-16/h1,3-4,6-7,9-10,14H,2,5,8,11-12H2. The molecule has 1 saturated heterocycles. The Hall–Kier alpha value is -1.06. The number of nitrogens with zero attached hydrogens (tertiary/aromatic N) is 1. The van der Waals surface area contributed by atoms with Crippen molar-refractivity contribution < 1.29 is 4.42 Å². The second-order valence-corrected chi connectivity index (χ2v) is 6.12. The molecule has 1 aromatic heterocycles. The third-order valence-corrected chi connectivity index (χ3v) is 4.28. The van der Waals surface area contributed by atoms with Crippen molar-refractivity contribution in [2.45, 2.75) is 25.3 Å². The zero-order chi connectivity index (χ0) is 13.1. The van der Waals surface area contributed by atoms with Crippen LogP contribution in [-0.4, -0.2) is 18.0 Å². The second kappa shape index (κ2) is 5.93. The molecular weight excluding hydrogens is 302 g/mol. The largest absolute Gasteiger partial charge is 0.468 e. The Labute approximate surface area is 122 Å². The van der Waals surface area contributed by atoms with Gasteiger partial charge < -0.3 is 4.42 Å². The predicted molar refractivity (Wildman–Crippen MR) is 80.1 cm³/mol. The lowest BCUT2D eigenvalue weighted by molar-refractivity contribution is 0.187. The Balaban J connectivity index is 1.67. The van der Waals surface area contributed by atoms with Gasteiger partial charge in [0.1, 0.15) is 5.76 Å². The first kappa shape index (κ1) is 12.9. The van der Waals surface area contributed by atoms with Crippen LogP contribution in [0.1, 0.15) is 30.1 Å². The molecule has 0 bridgehead atoms. The molecule has 0 amide bonds. The molecule has 1 unspecified atom stereocenters. The first-order chi connectivity index (χ1) is 9.31. The van der Waals surface area contributed by atoms with Crippen LogP contribution in [0.4, 0.5) is 0 Å². The van der Waals surface area contributed by atoms with Crippen molar-refractivity contribution in [3.05, 3.63) is 58.5 Å². The van der Waals surface area contributed by atoms with E-state index in [1.165, 1.54) is 29.4 Å². The SMILES string of the molecule is Brc1cccc(C2CCCN(Cc3ccco3)C2)c1. The highest BCUT2D eigenvalue weighted by molar-refractivity contribution is 9.10. The smallest absolute Gasteiger partial charge is 0.117 e. The van der Waals surface area contributed by atoms with E-state index in [1.807, 2.05) is 6.07 Å². The molecule has 0 N–H and O–H groups in total. The molecule has 1 fully saturated rings. The summed E-state index contributed by atoms with van der Waals surface area (Å²) in [5.41, 5.74) is 1.44. The molecule has 1 atom stereocenters. The number of piperidine rings is 1. The van der Waals surface area contributed by atoms with Gasteiger partial charge in [-0.2, -0.15) is 0 Å². The predicted octanol–water partition coefficient (Wildman–Crippen LogP) is 4.42. The fourth-order valence-electron chi connectivity index (χ4n) is 2.85. The Morgan fingerprint density at radius 3 is 3.00 bits per heavy atom. The first-order valence-electron chi connectivity index (χ1n) is 6.81. The fraction of sp³-hybridized carbons (Fsp3) is 0.375. The van der Waals surface area contributed by atoms with E-state index in [0.29, 0.717) is 5.92 Å². The van der Waals surface area contributed by atoms with Gasteiger partial charge in [0, 0.05) is 11.0 Å². The highest BCUT2D eigenvalue weighted by Gasteiger charge is 2.21. The molecule has 1 aliphatic heterocycles. The third kappa shape index (κ3) is 3.28. The zero-order valence-corrected chi connectivity index (χ0v) is 12.5. The van der Waals surface area contributed by atoms with Crippen LogP contribution >= 0.6 is 15.9 Å². The minimum atomic E-state index is 0.640. The van der Waals surface area contributed by atoms with Crippen molar-refractivity contribution in [1.29, 1.82) is 0 Å². The molecule has 1 aromatic carbocycles. The highest BCUT2D eigenvalue weighted by atomic mass is 79.9. The summed E-state index contributed by atoms with van der Waals surface area (Å²) in [5.74, 6) is 1.70. The topological polar surface area (TPSA) is 16.4 Å². The minimum absolute atomic E-state index is 0.640. The van der Waals surface area contributed by atoms with Crippen LogP contribution in [-0.2, 0) is 6.54 Å². The van der Waals surface area contributed by atoms with Gasteiger partial charge in [0.15, 0.2) is 0 Å². The van der Waals surface area contributed by atoms with Crippen molar-refractivity contribution in [3.8, 4) is 0 Å². The van der Waals surface area contributed by atoms with E-state index in [9.17, 15) is 0 Å². The summed E-state index contributed by atoms with van der Waals surface area (Å²) in [4.78, 5) is 2.49. The summed E-state index contributed by atoms with van der Waals surface area (Å²) in [5, 5.41) is 0. The molecule has 2 heterocycles. The minimum Gasteiger partial charge on any atom is -0.468 e. The Morgan fingerprint density at radius 1 is 1.26 bits per heavy atom. The molecule has 3 heteroatoms. The maximum atomic E-state index is 5.45. The molecule has 0 aliphatic carbocycles. The molecule has 2 nitrogen and oxygen atoms in total. The van der Waals surface area contributed by atoms with E-state index in [2.05, 4.69) is 51.2 Å². The number of likely N-dealkylation sites (tertiary alicyclic amines) is 1. The number of benzene rings is 1. The Bertz CT molecular complexity index is 523.